The number of rotatable bonds is 5. The average molecular weight is 313 g/mol. The molecule has 0 saturated heterocycles. The summed E-state index contributed by atoms with van der Waals surface area (Å²) in [4.78, 5) is 8.52. The highest BCUT2D eigenvalue weighted by Crippen LogP contribution is 2.26. The van der Waals surface area contributed by atoms with Crippen LogP contribution < -0.4 is 4.74 Å². The van der Waals surface area contributed by atoms with Crippen LogP contribution in [0.4, 0.5) is 0 Å². The minimum Gasteiger partial charge on any atom is -0.455 e. The Morgan fingerprint density at radius 1 is 1.32 bits per heavy atom. The fourth-order valence-corrected chi connectivity index (χ4v) is 2.06. The van der Waals surface area contributed by atoms with E-state index in [0.717, 1.165) is 17.0 Å². The first-order chi connectivity index (χ1) is 10.6. The third-order valence-electron chi connectivity index (χ3n) is 2.98. The number of halogens is 1. The molecular weight excluding hydrogens is 296 g/mol. The molecule has 0 spiro atoms. The summed E-state index contributed by atoms with van der Waals surface area (Å²) in [6.07, 6.45) is 9.20. The second-order valence-electron chi connectivity index (χ2n) is 4.54. The maximum absolute atomic E-state index is 5.86. The molecule has 22 heavy (non-hydrogen) atoms. The summed E-state index contributed by atoms with van der Waals surface area (Å²) in [6, 6.07) is 7.24. The summed E-state index contributed by atoms with van der Waals surface area (Å²) in [7, 11) is 0. The first kappa shape index (κ1) is 16.0. The average Bonchev–Trinajstić information content (AvgIpc) is 2.50. The zero-order valence-corrected chi connectivity index (χ0v) is 13.3. The van der Waals surface area contributed by atoms with Gasteiger partial charge in [-0.05, 0) is 37.6 Å². The number of ether oxygens (including phenoxy) is 1. The van der Waals surface area contributed by atoms with Crippen LogP contribution in [0.15, 0.2) is 61.3 Å². The Morgan fingerprint density at radius 2 is 2.14 bits per heavy atom. The predicted molar refractivity (Wildman–Crippen MR) is 91.3 cm³/mol. The van der Waals surface area contributed by atoms with Gasteiger partial charge in [0.05, 0.1) is 11.4 Å². The molecule has 2 heterocycles. The zero-order chi connectivity index (χ0) is 15.9. The van der Waals surface area contributed by atoms with Gasteiger partial charge in [0.15, 0.2) is 0 Å². The van der Waals surface area contributed by atoms with Crippen molar-refractivity contribution in [2.75, 3.05) is 0 Å². The van der Waals surface area contributed by atoms with E-state index in [9.17, 15) is 0 Å². The first-order valence-corrected chi connectivity index (χ1v) is 7.24. The van der Waals surface area contributed by atoms with Gasteiger partial charge >= 0.3 is 0 Å². The van der Waals surface area contributed by atoms with E-state index in [2.05, 4.69) is 16.5 Å². The Morgan fingerprint density at radius 3 is 2.77 bits per heavy atom. The van der Waals surface area contributed by atoms with Crippen LogP contribution in [0, 0.1) is 6.92 Å². The van der Waals surface area contributed by atoms with E-state index in [4.69, 9.17) is 16.3 Å². The number of allylic oxidation sites excluding steroid dienone is 5. The molecule has 0 bridgehead atoms. The van der Waals surface area contributed by atoms with Crippen molar-refractivity contribution in [2.45, 2.75) is 13.8 Å². The van der Waals surface area contributed by atoms with Crippen molar-refractivity contribution in [1.82, 2.24) is 9.97 Å². The monoisotopic (exact) mass is 312 g/mol. The fraction of sp³-hybridized carbons (Fsp3) is 0.111. The molecule has 0 aliphatic heterocycles. The van der Waals surface area contributed by atoms with Crippen molar-refractivity contribution >= 4 is 17.2 Å². The van der Waals surface area contributed by atoms with Crippen LogP contribution in [-0.4, -0.2) is 9.97 Å². The smallest absolute Gasteiger partial charge is 0.148 e. The lowest BCUT2D eigenvalue weighted by molar-refractivity contribution is 0.475. The van der Waals surface area contributed by atoms with Crippen molar-refractivity contribution in [3.8, 4) is 11.5 Å². The summed E-state index contributed by atoms with van der Waals surface area (Å²) < 4.78 is 5.80. The van der Waals surface area contributed by atoms with Crippen LogP contribution in [-0.2, 0) is 0 Å². The number of pyridine rings is 2. The van der Waals surface area contributed by atoms with Crippen LogP contribution in [0.3, 0.4) is 0 Å². The van der Waals surface area contributed by atoms with E-state index < -0.39 is 0 Å². The Hall–Kier alpha value is -2.39. The van der Waals surface area contributed by atoms with Gasteiger partial charge in [0.1, 0.15) is 16.7 Å². The molecule has 2 rings (SSSR count). The molecule has 0 N–H and O–H groups in total. The van der Waals surface area contributed by atoms with Gasteiger partial charge in [-0.3, -0.25) is 0 Å². The summed E-state index contributed by atoms with van der Waals surface area (Å²) in [5.41, 5.74) is 2.72. The topological polar surface area (TPSA) is 35.0 Å². The summed E-state index contributed by atoms with van der Waals surface area (Å²) in [5, 5.41) is 0.394. The Labute approximate surface area is 135 Å². The van der Waals surface area contributed by atoms with Crippen molar-refractivity contribution < 1.29 is 4.74 Å². The Balaban J connectivity index is 2.26. The Bertz CT molecular complexity index is 736. The third kappa shape index (κ3) is 4.06. The molecule has 0 aliphatic rings. The van der Waals surface area contributed by atoms with E-state index in [1.807, 2.05) is 44.2 Å². The predicted octanol–water partition coefficient (Wildman–Crippen LogP) is 5.38. The number of nitrogens with zero attached hydrogens (tertiary/aromatic N) is 2. The number of hydrogen-bond donors (Lipinski definition) is 0. The summed E-state index contributed by atoms with van der Waals surface area (Å²) >= 11 is 5.86. The minimum absolute atomic E-state index is 0.394. The van der Waals surface area contributed by atoms with E-state index in [-0.39, 0.29) is 0 Å². The van der Waals surface area contributed by atoms with Crippen LogP contribution in [0.2, 0.25) is 5.15 Å². The van der Waals surface area contributed by atoms with E-state index in [1.54, 1.807) is 24.4 Å². The quantitative estimate of drug-likeness (QED) is 0.549. The van der Waals surface area contributed by atoms with Crippen LogP contribution in [0.5, 0.6) is 11.5 Å². The third-order valence-corrected chi connectivity index (χ3v) is 3.19. The SMILES string of the molecule is C=C/C=C\C(=C/C)c1ccc(Oc2ccnc(Cl)c2)c(C)n1. The van der Waals surface area contributed by atoms with E-state index in [0.29, 0.717) is 16.7 Å². The molecule has 2 aromatic rings. The lowest BCUT2D eigenvalue weighted by atomic mass is 10.1. The second-order valence-corrected chi connectivity index (χ2v) is 4.92. The molecule has 3 nitrogen and oxygen atoms in total. The molecule has 0 aliphatic carbocycles. The normalized spacial score (nSPS) is 11.7. The molecule has 0 saturated carbocycles. The van der Waals surface area contributed by atoms with E-state index in [1.165, 1.54) is 0 Å². The molecule has 0 aromatic carbocycles. The van der Waals surface area contributed by atoms with Gasteiger partial charge in [-0.15, -0.1) is 0 Å². The molecule has 0 amide bonds. The zero-order valence-electron chi connectivity index (χ0n) is 12.6. The molecular formula is C18H17ClN2O. The minimum atomic E-state index is 0.394. The van der Waals surface area contributed by atoms with Crippen molar-refractivity contribution in [2.24, 2.45) is 0 Å². The number of aromatic nitrogens is 2. The van der Waals surface area contributed by atoms with Crippen LogP contribution >= 0.6 is 11.6 Å². The van der Waals surface area contributed by atoms with Crippen molar-refractivity contribution in [3.05, 3.63) is 77.9 Å². The number of aryl methyl sites for hydroxylation is 1. The molecule has 0 radical (unpaired) electrons. The standard InChI is InChI=1S/C18H17ClN2O/c1-4-6-7-14(5-2)16-8-9-17(13(3)21-16)22-15-10-11-20-18(19)12-15/h4-12H,1H2,2-3H3/b7-6-,14-5+. The molecule has 0 unspecified atom stereocenters. The van der Waals surface area contributed by atoms with Crippen molar-refractivity contribution in [3.63, 3.8) is 0 Å². The first-order valence-electron chi connectivity index (χ1n) is 6.87. The molecule has 4 heteroatoms. The molecule has 0 atom stereocenters. The highest BCUT2D eigenvalue weighted by Gasteiger charge is 2.06. The van der Waals surface area contributed by atoms with Crippen LogP contribution in [0.1, 0.15) is 18.3 Å². The molecule has 112 valence electrons. The molecule has 2 aromatic heterocycles. The van der Waals surface area contributed by atoms with Gasteiger partial charge in [0.25, 0.3) is 0 Å². The van der Waals surface area contributed by atoms with E-state index >= 15 is 0 Å². The lowest BCUT2D eigenvalue weighted by Crippen LogP contribution is -1.95. The fourth-order valence-electron chi connectivity index (χ4n) is 1.89. The van der Waals surface area contributed by atoms with Crippen LogP contribution in [0.25, 0.3) is 5.57 Å². The van der Waals surface area contributed by atoms with Crippen molar-refractivity contribution in [1.29, 1.82) is 0 Å². The summed E-state index contributed by atoms with van der Waals surface area (Å²) in [6.45, 7) is 7.56. The van der Waals surface area contributed by atoms with Gasteiger partial charge in [-0.1, -0.05) is 42.5 Å². The van der Waals surface area contributed by atoms with Gasteiger partial charge in [-0.25, -0.2) is 9.97 Å². The number of hydrogen-bond acceptors (Lipinski definition) is 3. The van der Waals surface area contributed by atoms with Gasteiger partial charge in [0.2, 0.25) is 0 Å². The maximum atomic E-state index is 5.86. The maximum Gasteiger partial charge on any atom is 0.148 e. The second kappa shape index (κ2) is 7.57. The van der Waals surface area contributed by atoms with Gasteiger partial charge in [0, 0.05) is 12.3 Å². The highest BCUT2D eigenvalue weighted by molar-refractivity contribution is 6.29. The largest absolute Gasteiger partial charge is 0.455 e. The van der Waals surface area contributed by atoms with Gasteiger partial charge in [-0.2, -0.15) is 0 Å². The Kier molecular flexibility index (Phi) is 5.50. The van der Waals surface area contributed by atoms with Gasteiger partial charge < -0.3 is 4.74 Å². The highest BCUT2D eigenvalue weighted by atomic mass is 35.5. The molecule has 0 fully saturated rings. The lowest BCUT2D eigenvalue weighted by Gasteiger charge is -2.10. The summed E-state index contributed by atoms with van der Waals surface area (Å²) in [5.74, 6) is 1.32.